The first-order valence-electron chi connectivity index (χ1n) is 10.8. The van der Waals surface area contributed by atoms with Gasteiger partial charge in [-0.1, -0.05) is 107 Å². The maximum atomic E-state index is 11.7. The molecule has 1 N–H and O–H groups in total. The Hall–Kier alpha value is -1.97. The molecule has 0 saturated carbocycles. The van der Waals surface area contributed by atoms with E-state index < -0.39 is 5.97 Å². The van der Waals surface area contributed by atoms with Gasteiger partial charge in [0.05, 0.1) is 0 Å². The fourth-order valence-electron chi connectivity index (χ4n) is 3.05. The molecular formula is C25H34FeO4. The molecule has 2 rings (SSSR count). The molecule has 4 nitrogen and oxygen atoms in total. The summed E-state index contributed by atoms with van der Waals surface area (Å²) in [6, 6.07) is 0. The minimum atomic E-state index is -0.935. The van der Waals surface area contributed by atoms with Crippen molar-refractivity contribution in [1.82, 2.24) is 0 Å². The number of hydrogen-bond acceptors (Lipinski definition) is 3. The molecule has 0 saturated heterocycles. The van der Waals surface area contributed by atoms with Crippen LogP contribution in [-0.2, 0) is 21.9 Å². The van der Waals surface area contributed by atoms with Crippen molar-refractivity contribution in [3.63, 3.8) is 0 Å². The van der Waals surface area contributed by atoms with Crippen molar-refractivity contribution >= 4 is 5.97 Å². The average molecular weight is 454 g/mol. The summed E-state index contributed by atoms with van der Waals surface area (Å²) in [7, 11) is 0. The molecule has 30 heavy (non-hydrogen) atoms. The van der Waals surface area contributed by atoms with Crippen LogP contribution in [0.15, 0.2) is 71.3 Å². The third kappa shape index (κ3) is 13.3. The molecule has 0 aromatic carbocycles. The van der Waals surface area contributed by atoms with Crippen LogP contribution in [0, 0.1) is 0 Å². The first-order valence-corrected chi connectivity index (χ1v) is 10.8. The van der Waals surface area contributed by atoms with E-state index in [9.17, 15) is 15.0 Å². The molecule has 2 aliphatic rings. The van der Waals surface area contributed by atoms with Crippen LogP contribution in [0.2, 0.25) is 0 Å². The molecule has 0 bridgehead atoms. The Labute approximate surface area is 191 Å². The second kappa shape index (κ2) is 17.9. The van der Waals surface area contributed by atoms with Crippen LogP contribution < -0.4 is 10.2 Å². The van der Waals surface area contributed by atoms with Crippen LogP contribution >= 0.6 is 0 Å². The van der Waals surface area contributed by atoms with Gasteiger partial charge in [-0.3, -0.25) is 4.79 Å². The smallest absolute Gasteiger partial charge is 0.875 e. The molecule has 0 fully saturated rings. The number of carboxylic acids is 1. The Morgan fingerprint density at radius 1 is 0.700 bits per heavy atom. The van der Waals surface area contributed by atoms with Crippen molar-refractivity contribution in [3.8, 4) is 0 Å². The number of rotatable bonds is 12. The summed E-state index contributed by atoms with van der Waals surface area (Å²) < 4.78 is 0. The summed E-state index contributed by atoms with van der Waals surface area (Å²) in [5.41, 5.74) is 1.48. The summed E-state index contributed by atoms with van der Waals surface area (Å²) in [5.74, 6) is -0.738. The number of unbranched alkanes of at least 4 members (excludes halogenated alkanes) is 7. The summed E-state index contributed by atoms with van der Waals surface area (Å²) in [6.07, 6.45) is 25.6. The quantitative estimate of drug-likeness (QED) is 0.260. The van der Waals surface area contributed by atoms with E-state index in [1.165, 1.54) is 44.9 Å². The van der Waals surface area contributed by atoms with Gasteiger partial charge in [0.25, 0.3) is 0 Å². The Morgan fingerprint density at radius 3 is 1.53 bits per heavy atom. The molecule has 0 aliphatic heterocycles. The van der Waals surface area contributed by atoms with Crippen molar-refractivity contribution < 1.29 is 37.2 Å². The van der Waals surface area contributed by atoms with Gasteiger partial charge < -0.3 is 15.3 Å². The second-order valence-corrected chi connectivity index (χ2v) is 7.31. The van der Waals surface area contributed by atoms with Crippen LogP contribution in [-0.4, -0.2) is 11.1 Å². The van der Waals surface area contributed by atoms with E-state index in [0.717, 1.165) is 18.4 Å². The van der Waals surface area contributed by atoms with E-state index >= 15 is 0 Å². The standard InChI is InChI=1S/C16H26O.C9H10O3.Fe/c1-2-3-4-5-6-7-8-9-14-16(17)15-12-10-11-13-15;10-8(5-6-9(11)12)7-3-1-2-4-7;/h10-13,17H,2-9,14H2,1H3;1-4,10H,5-6H2,(H,11,12);/q;;+2/p-2. The molecule has 0 unspecified atom stereocenters. The first-order chi connectivity index (χ1) is 14.0. The molecule has 0 atom stereocenters. The maximum absolute atomic E-state index is 11.7. The van der Waals surface area contributed by atoms with Gasteiger partial charge in [-0.2, -0.15) is 0 Å². The van der Waals surface area contributed by atoms with Crippen molar-refractivity contribution in [1.29, 1.82) is 0 Å². The minimum absolute atomic E-state index is 0. The second-order valence-electron chi connectivity index (χ2n) is 7.31. The Balaban J connectivity index is 0.000000573. The van der Waals surface area contributed by atoms with Gasteiger partial charge in [-0.05, 0) is 24.0 Å². The fraction of sp³-hybridized carbons (Fsp3) is 0.480. The molecule has 5 heteroatoms. The zero-order valence-corrected chi connectivity index (χ0v) is 19.0. The van der Waals surface area contributed by atoms with E-state index in [4.69, 9.17) is 5.11 Å². The van der Waals surface area contributed by atoms with Gasteiger partial charge in [0.2, 0.25) is 0 Å². The van der Waals surface area contributed by atoms with Crippen LogP contribution in [0.3, 0.4) is 0 Å². The fourth-order valence-corrected chi connectivity index (χ4v) is 3.05. The zero-order chi connectivity index (χ0) is 21.3. The normalized spacial score (nSPS) is 13.2. The predicted octanol–water partition coefficient (Wildman–Crippen LogP) is 4.85. The van der Waals surface area contributed by atoms with Crippen molar-refractivity contribution in [2.75, 3.05) is 0 Å². The van der Waals surface area contributed by atoms with Crippen LogP contribution in [0.1, 0.15) is 77.6 Å². The number of allylic oxidation sites excluding steroid dienone is 12. The molecule has 0 spiro atoms. The average Bonchev–Trinajstić information content (AvgIpc) is 3.42. The van der Waals surface area contributed by atoms with E-state index in [2.05, 4.69) is 6.92 Å². The summed E-state index contributed by atoms with van der Waals surface area (Å²) in [5, 5.41) is 31.1. The van der Waals surface area contributed by atoms with E-state index in [0.29, 0.717) is 11.3 Å². The third-order valence-electron chi connectivity index (χ3n) is 4.79. The van der Waals surface area contributed by atoms with Gasteiger partial charge in [-0.15, -0.1) is 11.5 Å². The molecule has 0 aromatic rings. The largest absolute Gasteiger partial charge is 2.00 e. The molecule has 0 radical (unpaired) electrons. The monoisotopic (exact) mass is 454 g/mol. The molecule has 2 aliphatic carbocycles. The van der Waals surface area contributed by atoms with Crippen molar-refractivity contribution in [3.05, 3.63) is 71.3 Å². The molecule has 0 aromatic heterocycles. The van der Waals surface area contributed by atoms with Crippen LogP contribution in [0.5, 0.6) is 0 Å². The number of carboxylic acid groups (broad SMARTS) is 1. The molecule has 0 heterocycles. The van der Waals surface area contributed by atoms with Gasteiger partial charge in [0.15, 0.2) is 0 Å². The van der Waals surface area contributed by atoms with Gasteiger partial charge >= 0.3 is 23.0 Å². The van der Waals surface area contributed by atoms with Crippen LogP contribution in [0.25, 0.3) is 0 Å². The van der Waals surface area contributed by atoms with E-state index in [1.807, 2.05) is 24.3 Å². The SMILES string of the molecule is CCCCCCCCCCC([O-])=C1C=CC=C1.O=C(O)CCC([O-])=C1C=CC=C1.[Fe+2]. The van der Waals surface area contributed by atoms with E-state index in [1.54, 1.807) is 24.3 Å². The Morgan fingerprint density at radius 2 is 1.10 bits per heavy atom. The first kappa shape index (κ1) is 28.0. The van der Waals surface area contributed by atoms with Gasteiger partial charge in [0, 0.05) is 6.42 Å². The summed E-state index contributed by atoms with van der Waals surface area (Å²) >= 11 is 0. The van der Waals surface area contributed by atoms with Gasteiger partial charge in [0.1, 0.15) is 0 Å². The number of carbonyl (C=O) groups is 1. The molecule has 0 amide bonds. The topological polar surface area (TPSA) is 83.4 Å². The zero-order valence-electron chi connectivity index (χ0n) is 17.9. The molecular weight excluding hydrogens is 420 g/mol. The number of hydrogen-bond donors (Lipinski definition) is 1. The third-order valence-corrected chi connectivity index (χ3v) is 4.79. The Bertz CT molecular complexity index is 653. The summed E-state index contributed by atoms with van der Waals surface area (Å²) in [4.78, 5) is 10.1. The molecule has 166 valence electrons. The van der Waals surface area contributed by atoms with Crippen molar-refractivity contribution in [2.45, 2.75) is 77.6 Å². The Kier molecular flexibility index (Phi) is 16.7. The summed E-state index contributed by atoms with van der Waals surface area (Å²) in [6.45, 7) is 2.25. The van der Waals surface area contributed by atoms with E-state index in [-0.39, 0.29) is 35.7 Å². The number of aliphatic carboxylic acids is 1. The predicted molar refractivity (Wildman–Crippen MR) is 115 cm³/mol. The van der Waals surface area contributed by atoms with Crippen LogP contribution in [0.4, 0.5) is 0 Å². The maximum Gasteiger partial charge on any atom is 2.00 e. The minimum Gasteiger partial charge on any atom is -0.875 e. The van der Waals surface area contributed by atoms with Gasteiger partial charge in [-0.25, -0.2) is 0 Å². The van der Waals surface area contributed by atoms with Crippen molar-refractivity contribution in [2.24, 2.45) is 0 Å².